The Balaban J connectivity index is 0.768. The first-order valence-corrected chi connectivity index (χ1v) is 25.3. The molecule has 1 spiro atoms. The van der Waals surface area contributed by atoms with Gasteiger partial charge < -0.3 is 43.5 Å². The number of fused-ring (bicyclic) bond motifs is 6. The van der Waals surface area contributed by atoms with Crippen LogP contribution in [-0.4, -0.2) is 98.4 Å². The lowest BCUT2D eigenvalue weighted by atomic mass is 9.43. The normalized spacial score (nSPS) is 34.1. The van der Waals surface area contributed by atoms with Crippen molar-refractivity contribution in [3.63, 3.8) is 0 Å². The van der Waals surface area contributed by atoms with Crippen LogP contribution in [0.3, 0.4) is 0 Å². The van der Waals surface area contributed by atoms with E-state index >= 15 is 0 Å². The zero-order valence-electron chi connectivity index (χ0n) is 41.0. The molecule has 3 unspecified atom stereocenters. The van der Waals surface area contributed by atoms with Crippen LogP contribution in [0.25, 0.3) is 0 Å². The van der Waals surface area contributed by atoms with Crippen molar-refractivity contribution in [2.75, 3.05) is 31.6 Å². The number of imide groups is 1. The Morgan fingerprint density at radius 1 is 0.729 bits per heavy atom. The predicted octanol–water partition coefficient (Wildman–Crippen LogP) is 5.37. The van der Waals surface area contributed by atoms with Gasteiger partial charge in [0.1, 0.15) is 11.5 Å². The van der Waals surface area contributed by atoms with Crippen molar-refractivity contribution in [2.24, 2.45) is 40.4 Å². The number of carbonyl (C=O) groups excluding carboxylic acids is 5. The van der Waals surface area contributed by atoms with Crippen LogP contribution in [0.2, 0.25) is 0 Å². The Bertz CT molecular complexity index is 2660. The van der Waals surface area contributed by atoms with Crippen LogP contribution in [0.4, 0.5) is 5.69 Å². The van der Waals surface area contributed by atoms with E-state index in [1.54, 1.807) is 19.1 Å². The molecule has 70 heavy (non-hydrogen) atoms. The van der Waals surface area contributed by atoms with Gasteiger partial charge in [0.05, 0.1) is 48.6 Å². The highest BCUT2D eigenvalue weighted by molar-refractivity contribution is 6.62. The monoisotopic (exact) mass is 953 g/mol. The number of nitrogens with one attached hydrogen (secondary N) is 2. The smallest absolute Gasteiger partial charge is 0.456 e. The van der Waals surface area contributed by atoms with Gasteiger partial charge in [0.2, 0.25) is 23.6 Å². The average molecular weight is 954 g/mol. The number of likely N-dealkylation sites (tertiary alicyclic amines) is 1. The molecule has 3 aromatic carbocycles. The summed E-state index contributed by atoms with van der Waals surface area (Å²) < 4.78 is 46.4. The summed E-state index contributed by atoms with van der Waals surface area (Å²) in [4.78, 5) is 64.9. The van der Waals surface area contributed by atoms with Crippen LogP contribution in [0, 0.1) is 40.4 Å². The van der Waals surface area contributed by atoms with Gasteiger partial charge in [0.25, 0.3) is 0 Å². The number of hydrogen-bond donors (Lipinski definition) is 2. The van der Waals surface area contributed by atoms with Gasteiger partial charge in [-0.3, -0.25) is 24.1 Å². The van der Waals surface area contributed by atoms with Gasteiger partial charge in [0, 0.05) is 54.2 Å². The highest BCUT2D eigenvalue weighted by atomic mass is 16.7. The van der Waals surface area contributed by atoms with Gasteiger partial charge in [-0.1, -0.05) is 65.0 Å². The number of nitrogens with zero attached hydrogens (tertiary/aromatic N) is 1. The Hall–Kier alpha value is -5.06. The number of anilines is 1. The highest BCUT2D eigenvalue weighted by Crippen LogP contribution is 2.67. The number of rotatable bonds is 12. The maximum absolute atomic E-state index is 14.2. The summed E-state index contributed by atoms with van der Waals surface area (Å²) in [5.41, 5.74) is 2.47. The van der Waals surface area contributed by atoms with E-state index in [9.17, 15) is 24.0 Å². The number of ether oxygens (including phenoxy) is 3. The summed E-state index contributed by atoms with van der Waals surface area (Å²) in [5, 5.41) is 5.61. The molecule has 9 atom stereocenters. The molecule has 0 radical (unpaired) electrons. The van der Waals surface area contributed by atoms with E-state index < -0.39 is 37.0 Å². The summed E-state index contributed by atoms with van der Waals surface area (Å²) in [5.74, 6) is 0.995. The van der Waals surface area contributed by atoms with Gasteiger partial charge in [-0.15, -0.1) is 0 Å². The van der Waals surface area contributed by atoms with Crippen LogP contribution in [0.1, 0.15) is 120 Å². The van der Waals surface area contributed by atoms with Gasteiger partial charge in [-0.2, -0.15) is 0 Å². The molecular formula is C53H61B2N3O12. The SMILES string of the molecule is CC1CC(=O)N(CCC(=O)NCCOCCC(=O)Nc2ccc3c(c2)C(=O)OC32c3ccc(B4OC5C[C@@H]6C[C@@H](C6(C)C)[C@]5(C)O4)cc3Oc3cc(B4OC5C[C@@H]6C[C@@H](C6(C)C)[C@]5(C)O4)ccc32)C1=O. The molecule has 4 amide bonds. The first-order valence-electron chi connectivity index (χ1n) is 25.3. The van der Waals surface area contributed by atoms with Crippen molar-refractivity contribution >= 4 is 60.4 Å². The van der Waals surface area contributed by atoms with E-state index in [-0.39, 0.29) is 98.2 Å². The topological polar surface area (TPSA) is 177 Å². The van der Waals surface area contributed by atoms with E-state index in [4.69, 9.17) is 32.8 Å². The molecule has 11 aliphatic rings. The molecule has 3 saturated heterocycles. The fourth-order valence-corrected chi connectivity index (χ4v) is 14.3. The van der Waals surface area contributed by atoms with Gasteiger partial charge >= 0.3 is 20.2 Å². The summed E-state index contributed by atoms with van der Waals surface area (Å²) in [6.45, 7) is 16.0. The van der Waals surface area contributed by atoms with Gasteiger partial charge in [-0.05, 0) is 109 Å². The zero-order valence-corrected chi connectivity index (χ0v) is 41.0. The number of hydrogen-bond acceptors (Lipinski definition) is 12. The minimum atomic E-state index is -1.38. The van der Waals surface area contributed by atoms with E-state index in [1.165, 1.54) is 0 Å². The lowest BCUT2D eigenvalue weighted by Gasteiger charge is -2.64. The maximum atomic E-state index is 14.2. The van der Waals surface area contributed by atoms with Crippen LogP contribution in [-0.2, 0) is 52.9 Å². The molecule has 366 valence electrons. The van der Waals surface area contributed by atoms with Crippen LogP contribution in [0.15, 0.2) is 54.6 Å². The summed E-state index contributed by atoms with van der Waals surface area (Å²) >= 11 is 0. The minimum absolute atomic E-state index is 0.00591. The third-order valence-corrected chi connectivity index (χ3v) is 18.7. The first-order chi connectivity index (χ1) is 33.3. The predicted molar refractivity (Wildman–Crippen MR) is 256 cm³/mol. The molecule has 0 aromatic heterocycles. The Labute approximate surface area is 409 Å². The number of benzene rings is 3. The second-order valence-electron chi connectivity index (χ2n) is 23.0. The molecule has 5 heterocycles. The van der Waals surface area contributed by atoms with Crippen LogP contribution >= 0.6 is 0 Å². The second-order valence-corrected chi connectivity index (χ2v) is 23.0. The van der Waals surface area contributed by atoms with E-state index in [0.717, 1.165) is 41.5 Å². The standard InChI is InChI=1S/C53H61B2N3O12/c1-28-20-46(61)58(47(28)62)17-14-44(59)56-16-19-64-18-15-45(60)57-33-10-13-35-34(27-33)48(63)66-53(35)36-11-8-31(54-67-42-23-29-21-40(49(29,2)3)51(42,6)69-54)25-38(36)65-39-26-32(9-12-37(39)53)55-68-43-24-30-22-41(50(30,4)5)52(43,7)70-55/h8-13,25-30,40-43H,14-24H2,1-7H3,(H,56,59)(H,57,60)/t28?,29-,30-,40-,41-,42?,43?,51-,52-,53?/m0/s1. The quantitative estimate of drug-likeness (QED) is 0.103. The molecular weight excluding hydrogens is 892 g/mol. The zero-order chi connectivity index (χ0) is 48.9. The third kappa shape index (κ3) is 6.76. The summed E-state index contributed by atoms with van der Waals surface area (Å²) in [7, 11) is -1.19. The molecule has 15 nitrogen and oxygen atoms in total. The van der Waals surface area contributed by atoms with Gasteiger partial charge in [-0.25, -0.2) is 4.79 Å². The van der Waals surface area contributed by atoms with Crippen molar-refractivity contribution in [1.82, 2.24) is 10.2 Å². The van der Waals surface area contributed by atoms with Crippen molar-refractivity contribution in [1.29, 1.82) is 0 Å². The molecule has 17 heteroatoms. The molecule has 2 N–H and O–H groups in total. The van der Waals surface area contributed by atoms with Crippen molar-refractivity contribution in [2.45, 2.75) is 122 Å². The minimum Gasteiger partial charge on any atom is -0.456 e. The van der Waals surface area contributed by atoms with Gasteiger partial charge in [0.15, 0.2) is 5.60 Å². The fourth-order valence-electron chi connectivity index (χ4n) is 14.3. The fraction of sp³-hybridized carbons (Fsp3) is 0.566. The Kier molecular flexibility index (Phi) is 10.5. The Morgan fingerprint density at radius 2 is 1.31 bits per heavy atom. The molecule has 14 rings (SSSR count). The lowest BCUT2D eigenvalue weighted by Crippen LogP contribution is -2.65. The second kappa shape index (κ2) is 16.0. The largest absolute Gasteiger partial charge is 0.494 e. The lowest BCUT2D eigenvalue weighted by molar-refractivity contribution is -0.199. The molecule has 3 aromatic rings. The summed E-state index contributed by atoms with van der Waals surface area (Å²) in [6, 6.07) is 17.0. The van der Waals surface area contributed by atoms with Crippen molar-refractivity contribution < 1.29 is 56.8 Å². The molecule has 5 aliphatic heterocycles. The van der Waals surface area contributed by atoms with E-state index in [1.807, 2.05) is 42.5 Å². The number of esters is 1. The van der Waals surface area contributed by atoms with Crippen LogP contribution < -0.4 is 26.3 Å². The highest BCUT2D eigenvalue weighted by Gasteiger charge is 2.69. The molecule has 6 aliphatic carbocycles. The number of amides is 4. The average Bonchev–Trinajstić information content (AvgIpc) is 4.03. The number of carbonyl (C=O) groups is 5. The van der Waals surface area contributed by atoms with Crippen LogP contribution in [0.5, 0.6) is 11.5 Å². The molecule has 4 bridgehead atoms. The Morgan fingerprint density at radius 3 is 1.87 bits per heavy atom. The third-order valence-electron chi connectivity index (χ3n) is 18.7. The van der Waals surface area contributed by atoms with E-state index in [0.29, 0.717) is 63.1 Å². The molecule has 6 saturated carbocycles. The molecule has 9 fully saturated rings. The first kappa shape index (κ1) is 46.0. The van der Waals surface area contributed by atoms with E-state index in [2.05, 4.69) is 52.2 Å². The summed E-state index contributed by atoms with van der Waals surface area (Å²) in [6.07, 6.45) is 4.39. The maximum Gasteiger partial charge on any atom is 0.494 e. The van der Waals surface area contributed by atoms with Crippen molar-refractivity contribution in [3.8, 4) is 11.5 Å². The van der Waals surface area contributed by atoms with Crippen molar-refractivity contribution in [3.05, 3.63) is 76.9 Å².